The molecule has 0 bridgehead atoms. The molecule has 5 nitrogen and oxygen atoms in total. The summed E-state index contributed by atoms with van der Waals surface area (Å²) >= 11 is 0. The molecule has 1 rings (SSSR count). The summed E-state index contributed by atoms with van der Waals surface area (Å²) in [5.74, 6) is 0.543. The topological polar surface area (TPSA) is 75.4 Å². The summed E-state index contributed by atoms with van der Waals surface area (Å²) in [4.78, 5) is 25.7. The van der Waals surface area contributed by atoms with E-state index in [-0.39, 0.29) is 24.3 Å². The second-order valence-corrected chi connectivity index (χ2v) is 5.40. The van der Waals surface area contributed by atoms with Gasteiger partial charge in [0.2, 0.25) is 11.8 Å². The summed E-state index contributed by atoms with van der Waals surface area (Å²) in [7, 11) is 1.60. The van der Waals surface area contributed by atoms with Crippen molar-refractivity contribution >= 4 is 11.8 Å². The zero-order valence-electron chi connectivity index (χ0n) is 12.2. The minimum atomic E-state index is -0.104. The number of carbonyl (C=O) groups excluding carboxylic acids is 2. The van der Waals surface area contributed by atoms with E-state index in [9.17, 15) is 9.59 Å². The number of rotatable bonds is 6. The molecule has 110 valence electrons. The van der Waals surface area contributed by atoms with Gasteiger partial charge in [-0.15, -0.1) is 0 Å². The number of carbonyl (C=O) groups is 2. The normalized spacial score (nSPS) is 22.9. The molecule has 0 aliphatic heterocycles. The summed E-state index contributed by atoms with van der Waals surface area (Å²) in [5.41, 5.74) is 5.71. The van der Waals surface area contributed by atoms with Crippen molar-refractivity contribution in [3.63, 3.8) is 0 Å². The van der Waals surface area contributed by atoms with Crippen molar-refractivity contribution in [2.75, 3.05) is 26.7 Å². The lowest BCUT2D eigenvalue weighted by Crippen LogP contribution is -2.44. The summed E-state index contributed by atoms with van der Waals surface area (Å²) in [6.45, 7) is 3.50. The Balaban J connectivity index is 2.61. The first-order valence-corrected chi connectivity index (χ1v) is 7.31. The molecule has 3 N–H and O–H groups in total. The maximum atomic E-state index is 12.5. The second-order valence-electron chi connectivity index (χ2n) is 5.40. The van der Waals surface area contributed by atoms with Gasteiger partial charge in [0.15, 0.2) is 0 Å². The van der Waals surface area contributed by atoms with Crippen LogP contribution in [0, 0.1) is 11.8 Å². The van der Waals surface area contributed by atoms with Crippen LogP contribution in [0.1, 0.15) is 39.0 Å². The third kappa shape index (κ3) is 4.82. The van der Waals surface area contributed by atoms with Gasteiger partial charge in [-0.3, -0.25) is 9.59 Å². The van der Waals surface area contributed by atoms with Crippen LogP contribution in [-0.4, -0.2) is 43.4 Å². The first kappa shape index (κ1) is 16.0. The zero-order valence-corrected chi connectivity index (χ0v) is 12.2. The molecule has 19 heavy (non-hydrogen) atoms. The van der Waals surface area contributed by atoms with Crippen molar-refractivity contribution in [2.45, 2.75) is 39.0 Å². The van der Waals surface area contributed by atoms with Gasteiger partial charge in [-0.1, -0.05) is 13.3 Å². The zero-order chi connectivity index (χ0) is 14.3. The molecule has 2 amide bonds. The van der Waals surface area contributed by atoms with E-state index < -0.39 is 0 Å². The average Bonchev–Trinajstić information content (AvgIpc) is 2.45. The predicted molar refractivity (Wildman–Crippen MR) is 75.4 cm³/mol. The molecule has 0 spiro atoms. The van der Waals surface area contributed by atoms with E-state index in [0.717, 1.165) is 32.1 Å². The third-order valence-electron chi connectivity index (χ3n) is 3.88. The van der Waals surface area contributed by atoms with Crippen molar-refractivity contribution in [2.24, 2.45) is 17.6 Å². The summed E-state index contributed by atoms with van der Waals surface area (Å²) in [6, 6.07) is 0. The molecule has 1 saturated carbocycles. The Morgan fingerprint density at radius 1 is 1.37 bits per heavy atom. The van der Waals surface area contributed by atoms with Gasteiger partial charge in [0.1, 0.15) is 0 Å². The number of nitrogens with two attached hydrogens (primary N) is 1. The Morgan fingerprint density at radius 3 is 2.68 bits per heavy atom. The Labute approximate surface area is 115 Å². The maximum Gasteiger partial charge on any atom is 0.239 e. The number of hydrogen-bond donors (Lipinski definition) is 2. The highest BCUT2D eigenvalue weighted by molar-refractivity contribution is 5.85. The minimum absolute atomic E-state index is 0.0542. The quantitative estimate of drug-likeness (QED) is 0.746. The van der Waals surface area contributed by atoms with Crippen LogP contribution in [0.2, 0.25) is 0 Å². The maximum absolute atomic E-state index is 12.5. The van der Waals surface area contributed by atoms with Crippen LogP contribution in [0.25, 0.3) is 0 Å². The van der Waals surface area contributed by atoms with Gasteiger partial charge in [-0.25, -0.2) is 0 Å². The smallest absolute Gasteiger partial charge is 0.239 e. The molecule has 2 atom stereocenters. The fourth-order valence-electron chi connectivity index (χ4n) is 2.78. The molecule has 1 aliphatic rings. The van der Waals surface area contributed by atoms with Gasteiger partial charge < -0.3 is 16.0 Å². The summed E-state index contributed by atoms with van der Waals surface area (Å²) in [5, 5.41) is 2.58. The first-order chi connectivity index (χ1) is 9.12. The second kappa shape index (κ2) is 8.15. The van der Waals surface area contributed by atoms with Crippen LogP contribution < -0.4 is 11.1 Å². The minimum Gasteiger partial charge on any atom is -0.358 e. The lowest BCUT2D eigenvalue weighted by molar-refractivity contribution is -0.140. The van der Waals surface area contributed by atoms with E-state index >= 15 is 0 Å². The number of nitrogens with zero attached hydrogens (tertiary/aromatic N) is 1. The molecule has 0 aromatic rings. The molecule has 1 fully saturated rings. The van der Waals surface area contributed by atoms with Crippen LogP contribution in [0.5, 0.6) is 0 Å². The molecular weight excluding hydrogens is 242 g/mol. The van der Waals surface area contributed by atoms with Crippen molar-refractivity contribution in [1.82, 2.24) is 10.2 Å². The highest BCUT2D eigenvalue weighted by atomic mass is 16.2. The molecular formula is C14H27N3O2. The van der Waals surface area contributed by atoms with E-state index in [0.29, 0.717) is 19.0 Å². The van der Waals surface area contributed by atoms with Gasteiger partial charge >= 0.3 is 0 Å². The van der Waals surface area contributed by atoms with E-state index in [2.05, 4.69) is 5.32 Å². The van der Waals surface area contributed by atoms with E-state index in [1.54, 1.807) is 11.9 Å². The highest BCUT2D eigenvalue weighted by Crippen LogP contribution is 2.29. The first-order valence-electron chi connectivity index (χ1n) is 7.31. The number of hydrogen-bond acceptors (Lipinski definition) is 3. The number of likely N-dealkylation sites (N-methyl/N-ethyl adjacent to an activating group) is 1. The molecule has 5 heteroatoms. The molecule has 1 aliphatic carbocycles. The van der Waals surface area contributed by atoms with Crippen LogP contribution in [-0.2, 0) is 9.59 Å². The Hall–Kier alpha value is -1.10. The van der Waals surface area contributed by atoms with Gasteiger partial charge in [0.25, 0.3) is 0 Å². The van der Waals surface area contributed by atoms with E-state index in [1.807, 2.05) is 6.92 Å². The molecule has 0 saturated heterocycles. The summed E-state index contributed by atoms with van der Waals surface area (Å²) < 4.78 is 0. The standard InChI is InChI=1S/C14H27N3O2/c1-3-7-17(10-13(18)16-2)14(19)12-6-4-5-11(8-12)9-15/h11-12H,3-10,15H2,1-2H3,(H,16,18). The largest absolute Gasteiger partial charge is 0.358 e. The molecule has 0 heterocycles. The fourth-order valence-corrected chi connectivity index (χ4v) is 2.78. The predicted octanol–water partition coefficient (Wildman–Crippen LogP) is 0.736. The Morgan fingerprint density at radius 2 is 2.11 bits per heavy atom. The van der Waals surface area contributed by atoms with Crippen LogP contribution in [0.4, 0.5) is 0 Å². The van der Waals surface area contributed by atoms with Crippen molar-refractivity contribution in [1.29, 1.82) is 0 Å². The monoisotopic (exact) mass is 269 g/mol. The van der Waals surface area contributed by atoms with E-state index in [1.165, 1.54) is 0 Å². The van der Waals surface area contributed by atoms with Crippen molar-refractivity contribution < 1.29 is 9.59 Å². The lowest BCUT2D eigenvalue weighted by atomic mass is 9.80. The molecule has 0 aromatic heterocycles. The fraction of sp³-hybridized carbons (Fsp3) is 0.857. The van der Waals surface area contributed by atoms with Gasteiger partial charge in [0, 0.05) is 19.5 Å². The van der Waals surface area contributed by atoms with Gasteiger partial charge in [0.05, 0.1) is 6.54 Å². The van der Waals surface area contributed by atoms with E-state index in [4.69, 9.17) is 5.73 Å². The van der Waals surface area contributed by atoms with Crippen LogP contribution >= 0.6 is 0 Å². The van der Waals surface area contributed by atoms with Gasteiger partial charge in [-0.2, -0.15) is 0 Å². The molecule has 0 aromatic carbocycles. The average molecular weight is 269 g/mol. The van der Waals surface area contributed by atoms with Crippen LogP contribution in [0.3, 0.4) is 0 Å². The molecule has 0 radical (unpaired) electrons. The Kier molecular flexibility index (Phi) is 6.84. The van der Waals surface area contributed by atoms with Crippen molar-refractivity contribution in [3.05, 3.63) is 0 Å². The van der Waals surface area contributed by atoms with Crippen LogP contribution in [0.15, 0.2) is 0 Å². The third-order valence-corrected chi connectivity index (χ3v) is 3.88. The lowest BCUT2D eigenvalue weighted by Gasteiger charge is -2.32. The highest BCUT2D eigenvalue weighted by Gasteiger charge is 2.30. The SMILES string of the molecule is CCCN(CC(=O)NC)C(=O)C1CCCC(CN)C1. The number of amides is 2. The number of nitrogens with one attached hydrogen (secondary N) is 1. The van der Waals surface area contributed by atoms with Gasteiger partial charge in [-0.05, 0) is 38.1 Å². The Bertz CT molecular complexity index is 307. The molecule has 2 unspecified atom stereocenters. The summed E-state index contributed by atoms with van der Waals surface area (Å²) in [6.07, 6.45) is 4.88. The van der Waals surface area contributed by atoms with Crippen molar-refractivity contribution in [3.8, 4) is 0 Å².